The molecule has 3 atom stereocenters. The Labute approximate surface area is 174 Å². The maximum atomic E-state index is 12.5. The summed E-state index contributed by atoms with van der Waals surface area (Å²) in [5.74, 6) is 1.00. The average molecular weight is 419 g/mol. The number of amides is 1. The van der Waals surface area contributed by atoms with Crippen LogP contribution in [-0.2, 0) is 17.6 Å². The average Bonchev–Trinajstić information content (AvgIpc) is 3.27. The molecule has 2 heterocycles. The Hall–Kier alpha value is -1.85. The number of hydrogen-bond acceptors (Lipinski definition) is 7. The van der Waals surface area contributed by atoms with E-state index in [2.05, 4.69) is 34.6 Å². The van der Waals surface area contributed by atoms with Gasteiger partial charge in [-0.2, -0.15) is 5.26 Å². The summed E-state index contributed by atoms with van der Waals surface area (Å²) in [5, 5.41) is 20.4. The van der Waals surface area contributed by atoms with Crippen molar-refractivity contribution in [2.45, 2.75) is 69.9 Å². The molecule has 6 nitrogen and oxygen atoms in total. The summed E-state index contributed by atoms with van der Waals surface area (Å²) in [5.41, 5.74) is 0.488. The number of nitrogens with one attached hydrogen (secondary N) is 1. The Morgan fingerprint density at radius 3 is 2.89 bits per heavy atom. The molecule has 2 aromatic rings. The highest BCUT2D eigenvalue weighted by Gasteiger charge is 2.32. The van der Waals surface area contributed by atoms with Crippen LogP contribution in [0.4, 0.5) is 0 Å². The van der Waals surface area contributed by atoms with E-state index in [9.17, 15) is 10.1 Å². The van der Waals surface area contributed by atoms with Crippen LogP contribution < -0.4 is 5.32 Å². The number of carbonyl (C=O) groups is 1. The van der Waals surface area contributed by atoms with E-state index in [4.69, 9.17) is 4.42 Å². The molecule has 28 heavy (non-hydrogen) atoms. The van der Waals surface area contributed by atoms with Crippen LogP contribution in [0, 0.1) is 23.2 Å². The van der Waals surface area contributed by atoms with Gasteiger partial charge in [-0.3, -0.25) is 4.79 Å². The summed E-state index contributed by atoms with van der Waals surface area (Å²) in [6.45, 7) is 9.61. The number of fused-ring (bicyclic) bond motifs is 1. The van der Waals surface area contributed by atoms with Crippen LogP contribution in [0.15, 0.2) is 15.7 Å². The fourth-order valence-electron chi connectivity index (χ4n) is 3.03. The molecule has 0 aliphatic heterocycles. The molecule has 1 aliphatic rings. The predicted molar refractivity (Wildman–Crippen MR) is 111 cm³/mol. The van der Waals surface area contributed by atoms with Crippen LogP contribution in [0.2, 0.25) is 0 Å². The molecule has 1 amide bonds. The van der Waals surface area contributed by atoms with Crippen LogP contribution in [0.25, 0.3) is 10.8 Å². The largest absolute Gasteiger partial charge is 0.410 e. The molecule has 0 bridgehead atoms. The molecule has 0 spiro atoms. The van der Waals surface area contributed by atoms with Crippen LogP contribution >= 0.6 is 23.1 Å². The number of rotatable bonds is 6. The van der Waals surface area contributed by atoms with Crippen molar-refractivity contribution in [3.8, 4) is 16.8 Å². The Balaban J connectivity index is 1.66. The molecule has 0 unspecified atom stereocenters. The van der Waals surface area contributed by atoms with Gasteiger partial charge in [-0.15, -0.1) is 21.5 Å². The first-order chi connectivity index (χ1) is 13.2. The molecule has 0 fully saturated rings. The Morgan fingerprint density at radius 1 is 1.46 bits per heavy atom. The molecule has 0 saturated heterocycles. The fourth-order valence-corrected chi connectivity index (χ4v) is 4.84. The van der Waals surface area contributed by atoms with Crippen LogP contribution in [0.3, 0.4) is 0 Å². The number of aryl methyl sites for hydroxylation is 1. The van der Waals surface area contributed by atoms with Crippen molar-refractivity contribution in [3.05, 3.63) is 16.5 Å². The van der Waals surface area contributed by atoms with E-state index in [-0.39, 0.29) is 11.8 Å². The zero-order chi connectivity index (χ0) is 20.5. The van der Waals surface area contributed by atoms with Gasteiger partial charge in [0.1, 0.15) is 5.54 Å². The molecule has 0 saturated carbocycles. The SMILES string of the molecule is CC(C)[C@](C)(C#N)NC(=O)[C@@H](C)Sc1nnc(-c2cc3c(s2)CC[C@H](C)C3)o1. The van der Waals surface area contributed by atoms with E-state index < -0.39 is 10.8 Å². The molecule has 3 rings (SSSR count). The third-order valence-corrected chi connectivity index (χ3v) is 7.52. The lowest BCUT2D eigenvalue weighted by molar-refractivity contribution is -0.121. The van der Waals surface area contributed by atoms with Gasteiger partial charge >= 0.3 is 0 Å². The van der Waals surface area contributed by atoms with Gasteiger partial charge in [0, 0.05) is 4.88 Å². The minimum Gasteiger partial charge on any atom is -0.410 e. The third-order valence-electron chi connectivity index (χ3n) is 5.36. The maximum absolute atomic E-state index is 12.5. The van der Waals surface area contributed by atoms with Gasteiger partial charge in [0.05, 0.1) is 16.2 Å². The van der Waals surface area contributed by atoms with Gasteiger partial charge < -0.3 is 9.73 Å². The number of thioether (sulfide) groups is 1. The monoisotopic (exact) mass is 418 g/mol. The second-order valence-electron chi connectivity index (χ2n) is 8.00. The number of carbonyl (C=O) groups excluding carboxylic acids is 1. The lowest BCUT2D eigenvalue weighted by atomic mass is 9.90. The van der Waals surface area contributed by atoms with E-state index in [0.29, 0.717) is 17.0 Å². The van der Waals surface area contributed by atoms with E-state index in [1.807, 2.05) is 13.8 Å². The summed E-state index contributed by atoms with van der Waals surface area (Å²) in [4.78, 5) is 14.9. The van der Waals surface area contributed by atoms with Gasteiger partial charge in [0.15, 0.2) is 0 Å². The van der Waals surface area contributed by atoms with Gasteiger partial charge in [-0.05, 0) is 56.6 Å². The zero-order valence-electron chi connectivity index (χ0n) is 16.9. The minimum absolute atomic E-state index is 0.00115. The Bertz CT molecular complexity index is 898. The van der Waals surface area contributed by atoms with E-state index >= 15 is 0 Å². The molecular formula is C20H26N4O2S2. The summed E-state index contributed by atoms with van der Waals surface area (Å²) in [6.07, 6.45) is 3.44. The van der Waals surface area contributed by atoms with E-state index in [1.54, 1.807) is 25.2 Å². The highest BCUT2D eigenvalue weighted by atomic mass is 32.2. The molecule has 0 aromatic carbocycles. The number of nitrogens with zero attached hydrogens (tertiary/aromatic N) is 3. The van der Waals surface area contributed by atoms with Gasteiger partial charge in [0.25, 0.3) is 11.1 Å². The molecule has 1 N–H and O–H groups in total. The molecule has 2 aromatic heterocycles. The molecule has 1 aliphatic carbocycles. The first kappa shape index (κ1) is 20.9. The smallest absolute Gasteiger partial charge is 0.277 e. The van der Waals surface area contributed by atoms with Gasteiger partial charge in [0.2, 0.25) is 5.91 Å². The second kappa shape index (κ2) is 8.26. The normalized spacial score (nSPS) is 19.5. The highest BCUT2D eigenvalue weighted by Crippen LogP contribution is 2.37. The standard InChI is InChI=1S/C20H26N4O2S2/c1-11(2)20(5,10-21)22-17(25)13(4)27-19-24-23-18(26-19)16-9-14-8-12(3)6-7-15(14)28-16/h9,11-13H,6-8H2,1-5H3,(H,22,25)/t12-,13+,20-/m0/s1. The molecule has 8 heteroatoms. The summed E-state index contributed by atoms with van der Waals surface area (Å²) >= 11 is 2.93. The first-order valence-corrected chi connectivity index (χ1v) is 11.3. The molecule has 150 valence electrons. The first-order valence-electron chi connectivity index (χ1n) is 9.57. The van der Waals surface area contributed by atoms with Crippen LogP contribution in [-0.4, -0.2) is 26.9 Å². The second-order valence-corrected chi connectivity index (χ2v) is 10.4. The van der Waals surface area contributed by atoms with Crippen molar-refractivity contribution < 1.29 is 9.21 Å². The topological polar surface area (TPSA) is 91.8 Å². The van der Waals surface area contributed by atoms with Crippen LogP contribution in [0.1, 0.15) is 51.5 Å². The van der Waals surface area contributed by atoms with Gasteiger partial charge in [-0.1, -0.05) is 32.5 Å². The summed E-state index contributed by atoms with van der Waals surface area (Å²) in [7, 11) is 0. The molecule has 0 radical (unpaired) electrons. The number of aromatic nitrogens is 2. The summed E-state index contributed by atoms with van der Waals surface area (Å²) < 4.78 is 5.81. The van der Waals surface area contributed by atoms with Crippen molar-refractivity contribution >= 4 is 29.0 Å². The number of thiophene rings is 1. The maximum Gasteiger partial charge on any atom is 0.277 e. The van der Waals surface area contributed by atoms with E-state index in [1.165, 1.54) is 28.6 Å². The lowest BCUT2D eigenvalue weighted by Crippen LogP contribution is -2.51. The Morgan fingerprint density at radius 2 is 2.21 bits per heavy atom. The van der Waals surface area contributed by atoms with Crippen molar-refractivity contribution in [3.63, 3.8) is 0 Å². The van der Waals surface area contributed by atoms with Crippen molar-refractivity contribution in [2.75, 3.05) is 0 Å². The highest BCUT2D eigenvalue weighted by molar-refractivity contribution is 8.00. The molecular weight excluding hydrogens is 392 g/mol. The quantitative estimate of drug-likeness (QED) is 0.697. The van der Waals surface area contributed by atoms with Crippen LogP contribution in [0.5, 0.6) is 0 Å². The minimum atomic E-state index is -0.904. The fraction of sp³-hybridized carbons (Fsp3) is 0.600. The van der Waals surface area contributed by atoms with Crippen molar-refractivity contribution in [1.29, 1.82) is 5.26 Å². The Kier molecular flexibility index (Phi) is 6.15. The van der Waals surface area contributed by atoms with Crippen molar-refractivity contribution in [2.24, 2.45) is 11.8 Å². The third kappa shape index (κ3) is 4.41. The summed E-state index contributed by atoms with van der Waals surface area (Å²) in [6, 6.07) is 4.35. The number of nitriles is 1. The van der Waals surface area contributed by atoms with Crippen molar-refractivity contribution in [1.82, 2.24) is 15.5 Å². The predicted octanol–water partition coefficient (Wildman–Crippen LogP) is 4.46. The van der Waals surface area contributed by atoms with E-state index in [0.717, 1.165) is 17.7 Å². The lowest BCUT2D eigenvalue weighted by Gasteiger charge is -2.28. The van der Waals surface area contributed by atoms with Gasteiger partial charge in [-0.25, -0.2) is 0 Å². The number of hydrogen-bond donors (Lipinski definition) is 1. The zero-order valence-corrected chi connectivity index (χ0v) is 18.5.